The lowest BCUT2D eigenvalue weighted by molar-refractivity contribution is 0.396. The molecule has 0 radical (unpaired) electrons. The number of benzene rings is 1. The van der Waals surface area contributed by atoms with E-state index in [2.05, 4.69) is 51.7 Å². The summed E-state index contributed by atoms with van der Waals surface area (Å²) in [6, 6.07) is 7.83. The molecule has 1 aliphatic rings. The summed E-state index contributed by atoms with van der Waals surface area (Å²) in [6.45, 7) is 3.34. The van der Waals surface area contributed by atoms with Crippen molar-refractivity contribution in [3.63, 3.8) is 0 Å². The zero-order chi connectivity index (χ0) is 17.2. The molecule has 0 amide bonds. The van der Waals surface area contributed by atoms with Gasteiger partial charge in [0, 0.05) is 48.3 Å². The predicted molar refractivity (Wildman–Crippen MR) is 100 cm³/mol. The second-order valence-electron chi connectivity index (χ2n) is 5.73. The zero-order valence-electron chi connectivity index (χ0n) is 13.8. The third kappa shape index (κ3) is 3.21. The Kier molecular flexibility index (Phi) is 4.35. The Hall–Kier alpha value is -2.48. The molecular formula is C17H17BrN6O. The van der Waals surface area contributed by atoms with Crippen LogP contribution in [0.2, 0.25) is 0 Å². The first-order valence-electron chi connectivity index (χ1n) is 8.02. The number of nitrogens with zero attached hydrogens (tertiary/aromatic N) is 6. The van der Waals surface area contributed by atoms with Crippen LogP contribution in [0.4, 0.5) is 11.8 Å². The van der Waals surface area contributed by atoms with E-state index >= 15 is 0 Å². The first-order valence-corrected chi connectivity index (χ1v) is 8.81. The third-order valence-corrected chi connectivity index (χ3v) is 4.76. The summed E-state index contributed by atoms with van der Waals surface area (Å²) in [5.74, 6) is 2.26. The number of ether oxygens (including phenoxy) is 1. The smallest absolute Gasteiger partial charge is 0.228 e. The highest BCUT2D eigenvalue weighted by atomic mass is 79.9. The number of fused-ring (bicyclic) bond motifs is 1. The second-order valence-corrected chi connectivity index (χ2v) is 6.65. The molecule has 0 bridgehead atoms. The molecule has 1 aromatic carbocycles. The molecule has 4 rings (SSSR count). The van der Waals surface area contributed by atoms with Crippen LogP contribution in [0, 0.1) is 0 Å². The summed E-state index contributed by atoms with van der Waals surface area (Å²) >= 11 is 3.53. The molecule has 0 unspecified atom stereocenters. The molecule has 0 atom stereocenters. The molecule has 0 saturated carbocycles. The van der Waals surface area contributed by atoms with Crippen LogP contribution < -0.4 is 14.5 Å². The molecule has 1 aliphatic heterocycles. The zero-order valence-corrected chi connectivity index (χ0v) is 15.3. The number of anilines is 2. The highest BCUT2D eigenvalue weighted by molar-refractivity contribution is 9.10. The van der Waals surface area contributed by atoms with Gasteiger partial charge in [0.25, 0.3) is 0 Å². The molecule has 8 heteroatoms. The van der Waals surface area contributed by atoms with Crippen LogP contribution in [0.3, 0.4) is 0 Å². The molecule has 2 aromatic heterocycles. The van der Waals surface area contributed by atoms with E-state index in [0.717, 1.165) is 47.4 Å². The fourth-order valence-corrected chi connectivity index (χ4v) is 3.35. The Balaban J connectivity index is 1.55. The first-order chi connectivity index (χ1) is 12.2. The van der Waals surface area contributed by atoms with Gasteiger partial charge in [-0.15, -0.1) is 0 Å². The average Bonchev–Trinajstić information content (AvgIpc) is 2.67. The molecule has 25 heavy (non-hydrogen) atoms. The van der Waals surface area contributed by atoms with Crippen LogP contribution in [0.1, 0.15) is 0 Å². The summed E-state index contributed by atoms with van der Waals surface area (Å²) in [7, 11) is 1.61. The molecule has 0 N–H and O–H groups in total. The van der Waals surface area contributed by atoms with Crippen molar-refractivity contribution in [3.8, 4) is 5.88 Å². The Morgan fingerprint density at radius 2 is 1.80 bits per heavy atom. The molecule has 0 spiro atoms. The van der Waals surface area contributed by atoms with E-state index in [9.17, 15) is 0 Å². The van der Waals surface area contributed by atoms with Crippen LogP contribution in [0.25, 0.3) is 10.9 Å². The Bertz CT molecular complexity index is 897. The summed E-state index contributed by atoms with van der Waals surface area (Å²) in [6.07, 6.45) is 3.35. The van der Waals surface area contributed by atoms with Gasteiger partial charge in [0.1, 0.15) is 12.1 Å². The predicted octanol–water partition coefficient (Wildman–Crippen LogP) is 2.52. The number of halogens is 1. The van der Waals surface area contributed by atoms with Crippen LogP contribution in [0.5, 0.6) is 5.88 Å². The SMILES string of the molecule is COc1ccnc(N2CCN(c3ncnc4ccc(Br)cc34)CC2)n1. The number of piperazine rings is 1. The van der Waals surface area contributed by atoms with Crippen molar-refractivity contribution < 1.29 is 4.74 Å². The summed E-state index contributed by atoms with van der Waals surface area (Å²) in [4.78, 5) is 22.1. The lowest BCUT2D eigenvalue weighted by Crippen LogP contribution is -2.47. The van der Waals surface area contributed by atoms with Gasteiger partial charge in [-0.05, 0) is 18.2 Å². The van der Waals surface area contributed by atoms with Gasteiger partial charge in [0.05, 0.1) is 12.6 Å². The molecule has 128 valence electrons. The summed E-state index contributed by atoms with van der Waals surface area (Å²) in [5.41, 5.74) is 0.951. The first kappa shape index (κ1) is 16.0. The highest BCUT2D eigenvalue weighted by Crippen LogP contribution is 2.27. The average molecular weight is 401 g/mol. The summed E-state index contributed by atoms with van der Waals surface area (Å²) < 4.78 is 6.21. The van der Waals surface area contributed by atoms with Crippen molar-refractivity contribution >= 4 is 38.6 Å². The van der Waals surface area contributed by atoms with E-state index in [1.807, 2.05) is 12.1 Å². The third-order valence-electron chi connectivity index (χ3n) is 4.26. The number of aromatic nitrogens is 4. The number of hydrogen-bond acceptors (Lipinski definition) is 7. The maximum Gasteiger partial charge on any atom is 0.228 e. The molecule has 7 nitrogen and oxygen atoms in total. The maximum atomic E-state index is 5.19. The molecule has 0 aliphatic carbocycles. The normalized spacial score (nSPS) is 14.8. The van der Waals surface area contributed by atoms with E-state index in [4.69, 9.17) is 4.74 Å². The minimum atomic E-state index is 0.582. The lowest BCUT2D eigenvalue weighted by atomic mass is 10.2. The van der Waals surface area contributed by atoms with E-state index < -0.39 is 0 Å². The van der Waals surface area contributed by atoms with Crippen LogP contribution >= 0.6 is 15.9 Å². The maximum absolute atomic E-state index is 5.19. The van der Waals surface area contributed by atoms with Crippen molar-refractivity contribution in [1.29, 1.82) is 0 Å². The highest BCUT2D eigenvalue weighted by Gasteiger charge is 2.21. The number of hydrogen-bond donors (Lipinski definition) is 0. The Labute approximate surface area is 153 Å². The van der Waals surface area contributed by atoms with Gasteiger partial charge >= 0.3 is 0 Å². The van der Waals surface area contributed by atoms with E-state index in [1.165, 1.54) is 0 Å². The van der Waals surface area contributed by atoms with Gasteiger partial charge in [-0.2, -0.15) is 4.98 Å². The fourth-order valence-electron chi connectivity index (χ4n) is 2.98. The van der Waals surface area contributed by atoms with Crippen LogP contribution in [-0.4, -0.2) is 53.2 Å². The van der Waals surface area contributed by atoms with Crippen molar-refractivity contribution in [3.05, 3.63) is 41.3 Å². The van der Waals surface area contributed by atoms with E-state index in [1.54, 1.807) is 25.7 Å². The van der Waals surface area contributed by atoms with Crippen LogP contribution in [-0.2, 0) is 0 Å². The minimum Gasteiger partial charge on any atom is -0.481 e. The monoisotopic (exact) mass is 400 g/mol. The molecular weight excluding hydrogens is 384 g/mol. The standard InChI is InChI=1S/C17H17BrN6O/c1-25-15-4-5-19-17(22-15)24-8-6-23(7-9-24)16-13-10-12(18)2-3-14(13)20-11-21-16/h2-5,10-11H,6-9H2,1H3. The van der Waals surface area contributed by atoms with Gasteiger partial charge in [-0.1, -0.05) is 15.9 Å². The fraction of sp³-hybridized carbons (Fsp3) is 0.294. The van der Waals surface area contributed by atoms with Gasteiger partial charge in [0.15, 0.2) is 0 Å². The van der Waals surface area contributed by atoms with Crippen molar-refractivity contribution in [2.24, 2.45) is 0 Å². The van der Waals surface area contributed by atoms with Crippen molar-refractivity contribution in [1.82, 2.24) is 19.9 Å². The second kappa shape index (κ2) is 6.79. The van der Waals surface area contributed by atoms with E-state index in [-0.39, 0.29) is 0 Å². The Morgan fingerprint density at radius 3 is 2.60 bits per heavy atom. The molecule has 3 heterocycles. The Morgan fingerprint density at radius 1 is 1.00 bits per heavy atom. The lowest BCUT2D eigenvalue weighted by Gasteiger charge is -2.35. The summed E-state index contributed by atoms with van der Waals surface area (Å²) in [5, 5.41) is 1.06. The van der Waals surface area contributed by atoms with Gasteiger partial charge in [-0.25, -0.2) is 15.0 Å². The topological polar surface area (TPSA) is 67.3 Å². The van der Waals surface area contributed by atoms with Crippen LogP contribution in [0.15, 0.2) is 41.3 Å². The molecule has 1 saturated heterocycles. The van der Waals surface area contributed by atoms with Gasteiger partial charge in [-0.3, -0.25) is 0 Å². The molecule has 3 aromatic rings. The van der Waals surface area contributed by atoms with Gasteiger partial charge < -0.3 is 14.5 Å². The van der Waals surface area contributed by atoms with E-state index in [0.29, 0.717) is 11.8 Å². The van der Waals surface area contributed by atoms with Crippen molar-refractivity contribution in [2.45, 2.75) is 0 Å². The molecule has 1 fully saturated rings. The van der Waals surface area contributed by atoms with Crippen molar-refractivity contribution in [2.75, 3.05) is 43.1 Å². The minimum absolute atomic E-state index is 0.582. The largest absolute Gasteiger partial charge is 0.481 e. The number of rotatable bonds is 3. The quantitative estimate of drug-likeness (QED) is 0.668. The number of methoxy groups -OCH3 is 1. The van der Waals surface area contributed by atoms with Gasteiger partial charge in [0.2, 0.25) is 11.8 Å².